The van der Waals surface area contributed by atoms with Crippen LogP contribution in [0.25, 0.3) is 0 Å². The van der Waals surface area contributed by atoms with Crippen LogP contribution in [0, 0.1) is 5.41 Å². The van der Waals surface area contributed by atoms with Gasteiger partial charge in [-0.1, -0.05) is 19.8 Å². The summed E-state index contributed by atoms with van der Waals surface area (Å²) in [5.41, 5.74) is 0.317. The first kappa shape index (κ1) is 13.8. The Kier molecular flexibility index (Phi) is 5.01. The van der Waals surface area contributed by atoms with Crippen molar-refractivity contribution in [2.75, 3.05) is 12.4 Å². The van der Waals surface area contributed by atoms with Gasteiger partial charge in [-0.15, -0.1) is 11.6 Å². The predicted octanol–water partition coefficient (Wildman–Crippen LogP) is 2.58. The molecule has 0 unspecified atom stereocenters. The Morgan fingerprint density at radius 1 is 1.44 bits per heavy atom. The van der Waals surface area contributed by atoms with Gasteiger partial charge < -0.3 is 5.32 Å². The van der Waals surface area contributed by atoms with E-state index < -0.39 is 0 Å². The summed E-state index contributed by atoms with van der Waals surface area (Å²) in [5.74, 6) is 1.79. The predicted molar refractivity (Wildman–Crippen MR) is 73.6 cm³/mol. The van der Waals surface area contributed by atoms with Gasteiger partial charge in [0.25, 0.3) is 0 Å². The molecule has 0 atom stereocenters. The van der Waals surface area contributed by atoms with Crippen LogP contribution in [0.2, 0.25) is 0 Å². The molecule has 1 N–H and O–H groups in total. The van der Waals surface area contributed by atoms with Crippen molar-refractivity contribution in [2.45, 2.75) is 52.1 Å². The van der Waals surface area contributed by atoms with Gasteiger partial charge in [0.05, 0.1) is 6.54 Å². The fourth-order valence-electron chi connectivity index (χ4n) is 2.75. The highest BCUT2D eigenvalue weighted by Crippen LogP contribution is 2.38. The second-order valence-electron chi connectivity index (χ2n) is 5.34. The quantitative estimate of drug-likeness (QED) is 0.775. The standard InChI is InChI=1S/C13H23ClN4/c1-2-7-18-12(16-11-17-18)8-15-10-13(9-14)5-3-4-6-13/h11,15H,2-10H2,1H3. The summed E-state index contributed by atoms with van der Waals surface area (Å²) in [6.07, 6.45) is 7.87. The van der Waals surface area contributed by atoms with Crippen molar-refractivity contribution in [3.05, 3.63) is 12.2 Å². The van der Waals surface area contributed by atoms with Gasteiger partial charge in [-0.05, 0) is 24.7 Å². The molecule has 1 aliphatic rings. The van der Waals surface area contributed by atoms with E-state index in [2.05, 4.69) is 22.3 Å². The average Bonchev–Trinajstić information content (AvgIpc) is 3.01. The monoisotopic (exact) mass is 270 g/mol. The Morgan fingerprint density at radius 2 is 2.22 bits per heavy atom. The third-order valence-electron chi connectivity index (χ3n) is 3.86. The molecule has 5 heteroatoms. The van der Waals surface area contributed by atoms with Crippen molar-refractivity contribution in [3.63, 3.8) is 0 Å². The van der Waals surface area contributed by atoms with E-state index in [0.717, 1.165) is 37.8 Å². The second-order valence-corrected chi connectivity index (χ2v) is 5.61. The normalized spacial score (nSPS) is 18.3. The zero-order valence-corrected chi connectivity index (χ0v) is 11.9. The molecule has 4 nitrogen and oxygen atoms in total. The van der Waals surface area contributed by atoms with Crippen LogP contribution in [-0.4, -0.2) is 27.2 Å². The topological polar surface area (TPSA) is 42.7 Å². The summed E-state index contributed by atoms with van der Waals surface area (Å²) in [5, 5.41) is 7.75. The van der Waals surface area contributed by atoms with Crippen LogP contribution in [-0.2, 0) is 13.1 Å². The van der Waals surface area contributed by atoms with E-state index in [4.69, 9.17) is 11.6 Å². The maximum absolute atomic E-state index is 6.13. The highest BCUT2D eigenvalue weighted by molar-refractivity contribution is 6.18. The van der Waals surface area contributed by atoms with Crippen molar-refractivity contribution in [2.24, 2.45) is 5.41 Å². The Bertz CT molecular complexity index is 358. The number of nitrogens with one attached hydrogen (secondary N) is 1. The van der Waals surface area contributed by atoms with Crippen molar-refractivity contribution in [1.82, 2.24) is 20.1 Å². The summed E-state index contributed by atoms with van der Waals surface area (Å²) in [4.78, 5) is 4.30. The van der Waals surface area contributed by atoms with E-state index in [9.17, 15) is 0 Å². The fraction of sp³-hybridized carbons (Fsp3) is 0.846. The van der Waals surface area contributed by atoms with E-state index in [1.807, 2.05) is 4.68 Å². The Hall–Kier alpha value is -0.610. The zero-order valence-electron chi connectivity index (χ0n) is 11.2. The Morgan fingerprint density at radius 3 is 2.89 bits per heavy atom. The smallest absolute Gasteiger partial charge is 0.140 e. The van der Waals surface area contributed by atoms with Crippen LogP contribution in [0.5, 0.6) is 0 Å². The summed E-state index contributed by atoms with van der Waals surface area (Å²) < 4.78 is 1.98. The van der Waals surface area contributed by atoms with Gasteiger partial charge in [-0.25, -0.2) is 9.67 Å². The minimum absolute atomic E-state index is 0.317. The third-order valence-corrected chi connectivity index (χ3v) is 4.43. The number of alkyl halides is 1. The third kappa shape index (κ3) is 3.23. The second kappa shape index (κ2) is 6.53. The summed E-state index contributed by atoms with van der Waals surface area (Å²) >= 11 is 6.13. The van der Waals surface area contributed by atoms with Crippen LogP contribution in [0.3, 0.4) is 0 Å². The molecule has 0 aliphatic heterocycles. The molecule has 102 valence electrons. The molecule has 0 aromatic carbocycles. The number of hydrogen-bond donors (Lipinski definition) is 1. The highest BCUT2D eigenvalue weighted by Gasteiger charge is 2.32. The van der Waals surface area contributed by atoms with Crippen molar-refractivity contribution in [1.29, 1.82) is 0 Å². The van der Waals surface area contributed by atoms with Crippen LogP contribution in [0.4, 0.5) is 0 Å². The SMILES string of the molecule is CCCn1ncnc1CNCC1(CCl)CCCC1. The lowest BCUT2D eigenvalue weighted by Gasteiger charge is -2.26. The zero-order chi connectivity index (χ0) is 12.8. The number of halogens is 1. The largest absolute Gasteiger partial charge is 0.309 e. The molecule has 0 spiro atoms. The van der Waals surface area contributed by atoms with E-state index in [1.54, 1.807) is 6.33 Å². The molecule has 1 heterocycles. The highest BCUT2D eigenvalue weighted by atomic mass is 35.5. The van der Waals surface area contributed by atoms with Gasteiger partial charge in [0.15, 0.2) is 0 Å². The number of nitrogens with zero attached hydrogens (tertiary/aromatic N) is 3. The molecule has 1 aromatic heterocycles. The molecule has 1 fully saturated rings. The van der Waals surface area contributed by atoms with Gasteiger partial charge in [-0.2, -0.15) is 5.10 Å². The number of aryl methyl sites for hydroxylation is 1. The van der Waals surface area contributed by atoms with E-state index in [1.165, 1.54) is 25.7 Å². The first-order valence-corrected chi connectivity index (χ1v) is 7.46. The molecule has 1 aromatic rings. The molecule has 1 aliphatic carbocycles. The summed E-state index contributed by atoms with van der Waals surface area (Å²) in [7, 11) is 0. The van der Waals surface area contributed by atoms with Crippen molar-refractivity contribution < 1.29 is 0 Å². The maximum Gasteiger partial charge on any atom is 0.140 e. The molecular weight excluding hydrogens is 248 g/mol. The van der Waals surface area contributed by atoms with E-state index in [-0.39, 0.29) is 0 Å². The van der Waals surface area contributed by atoms with Crippen LogP contribution in [0.15, 0.2) is 6.33 Å². The van der Waals surface area contributed by atoms with Gasteiger partial charge >= 0.3 is 0 Å². The molecule has 0 bridgehead atoms. The number of aromatic nitrogens is 3. The lowest BCUT2D eigenvalue weighted by Crippen LogP contribution is -2.34. The van der Waals surface area contributed by atoms with Gasteiger partial charge in [0, 0.05) is 19.0 Å². The molecule has 2 rings (SSSR count). The molecule has 18 heavy (non-hydrogen) atoms. The van der Waals surface area contributed by atoms with E-state index in [0.29, 0.717) is 5.41 Å². The fourth-order valence-corrected chi connectivity index (χ4v) is 3.11. The van der Waals surface area contributed by atoms with Crippen molar-refractivity contribution >= 4 is 11.6 Å². The Balaban J connectivity index is 1.82. The molecular formula is C13H23ClN4. The average molecular weight is 271 g/mol. The summed E-state index contributed by atoms with van der Waals surface area (Å²) in [6, 6.07) is 0. The molecule has 1 saturated carbocycles. The maximum atomic E-state index is 6.13. The van der Waals surface area contributed by atoms with Crippen LogP contribution < -0.4 is 5.32 Å². The Labute approximate surface area is 114 Å². The lowest BCUT2D eigenvalue weighted by atomic mass is 9.88. The summed E-state index contributed by atoms with van der Waals surface area (Å²) in [6.45, 7) is 4.88. The number of hydrogen-bond acceptors (Lipinski definition) is 3. The minimum Gasteiger partial charge on any atom is -0.309 e. The van der Waals surface area contributed by atoms with Gasteiger partial charge in [-0.3, -0.25) is 0 Å². The van der Waals surface area contributed by atoms with E-state index >= 15 is 0 Å². The molecule has 0 amide bonds. The van der Waals surface area contributed by atoms with Gasteiger partial charge in [0.2, 0.25) is 0 Å². The molecule has 0 saturated heterocycles. The van der Waals surface area contributed by atoms with Gasteiger partial charge in [0.1, 0.15) is 12.2 Å². The molecule has 0 radical (unpaired) electrons. The van der Waals surface area contributed by atoms with Crippen LogP contribution in [0.1, 0.15) is 44.9 Å². The lowest BCUT2D eigenvalue weighted by molar-refractivity contribution is 0.317. The first-order chi connectivity index (χ1) is 8.79. The van der Waals surface area contributed by atoms with Crippen LogP contribution >= 0.6 is 11.6 Å². The minimum atomic E-state index is 0.317. The first-order valence-electron chi connectivity index (χ1n) is 6.93. The number of rotatable bonds is 7. The van der Waals surface area contributed by atoms with Crippen molar-refractivity contribution in [3.8, 4) is 0 Å².